The van der Waals surface area contributed by atoms with Crippen molar-refractivity contribution in [1.29, 1.82) is 0 Å². The van der Waals surface area contributed by atoms with Gasteiger partial charge >= 0.3 is 0 Å². The van der Waals surface area contributed by atoms with Crippen LogP contribution in [0.4, 0.5) is 13.2 Å². The smallest absolute Gasteiger partial charge is 0.274 e. The molecule has 170 valence electrons. The molecule has 0 spiro atoms. The lowest BCUT2D eigenvalue weighted by Gasteiger charge is -2.47. The first-order valence-electron chi connectivity index (χ1n) is 9.90. The van der Waals surface area contributed by atoms with Gasteiger partial charge in [-0.2, -0.15) is 0 Å². The summed E-state index contributed by atoms with van der Waals surface area (Å²) in [7, 11) is 1.55. The summed E-state index contributed by atoms with van der Waals surface area (Å²) in [5.41, 5.74) is -2.41. The van der Waals surface area contributed by atoms with Gasteiger partial charge in [-0.25, -0.2) is 13.2 Å². The molecule has 2 N–H and O–H groups in total. The van der Waals surface area contributed by atoms with Crippen LogP contribution in [0.25, 0.3) is 0 Å². The van der Waals surface area contributed by atoms with Crippen molar-refractivity contribution < 1.29 is 32.6 Å². The van der Waals surface area contributed by atoms with Crippen LogP contribution in [0.15, 0.2) is 23.1 Å². The first-order valence-corrected chi connectivity index (χ1v) is 9.90. The number of benzene rings is 1. The van der Waals surface area contributed by atoms with Gasteiger partial charge in [0.2, 0.25) is 5.43 Å². The van der Waals surface area contributed by atoms with Gasteiger partial charge < -0.3 is 24.6 Å². The quantitative estimate of drug-likeness (QED) is 0.740. The molecule has 2 aromatic rings. The highest BCUT2D eigenvalue weighted by Gasteiger charge is 2.45. The number of aromatic hydroxyl groups is 1. The summed E-state index contributed by atoms with van der Waals surface area (Å²) >= 11 is 0. The maximum atomic E-state index is 13.8. The van der Waals surface area contributed by atoms with E-state index in [1.165, 1.54) is 15.7 Å². The molecule has 3 atom stereocenters. The van der Waals surface area contributed by atoms with Gasteiger partial charge in [0.25, 0.3) is 11.8 Å². The van der Waals surface area contributed by atoms with E-state index in [1.54, 1.807) is 14.0 Å². The van der Waals surface area contributed by atoms with E-state index < -0.39 is 58.1 Å². The molecule has 0 aliphatic carbocycles. The van der Waals surface area contributed by atoms with Gasteiger partial charge in [-0.1, -0.05) is 0 Å². The lowest BCUT2D eigenvalue weighted by atomic mass is 9.92. The zero-order valence-electron chi connectivity index (χ0n) is 17.2. The molecule has 1 fully saturated rings. The minimum absolute atomic E-state index is 0.236. The van der Waals surface area contributed by atoms with Crippen LogP contribution in [0.1, 0.15) is 45.8 Å². The summed E-state index contributed by atoms with van der Waals surface area (Å²) < 4.78 is 47.8. The van der Waals surface area contributed by atoms with Crippen LogP contribution in [0.5, 0.6) is 5.75 Å². The minimum atomic E-state index is -1.19. The van der Waals surface area contributed by atoms with Crippen molar-refractivity contribution in [3.63, 3.8) is 0 Å². The Kier molecular flexibility index (Phi) is 5.45. The third-order valence-electron chi connectivity index (χ3n) is 5.98. The van der Waals surface area contributed by atoms with Crippen molar-refractivity contribution in [3.05, 3.63) is 62.8 Å². The number of nitrogens with one attached hydrogen (secondary N) is 1. The first kappa shape index (κ1) is 21.9. The Morgan fingerprint density at radius 1 is 1.25 bits per heavy atom. The van der Waals surface area contributed by atoms with Gasteiger partial charge in [0.05, 0.1) is 18.2 Å². The zero-order valence-corrected chi connectivity index (χ0v) is 17.2. The monoisotopic (exact) mass is 451 g/mol. The summed E-state index contributed by atoms with van der Waals surface area (Å²) in [6, 6.07) is 0.197. The number of halogens is 3. The number of amides is 2. The summed E-state index contributed by atoms with van der Waals surface area (Å²) in [5, 5.41) is 12.7. The van der Waals surface area contributed by atoms with Crippen molar-refractivity contribution in [2.75, 3.05) is 13.7 Å². The molecule has 2 aliphatic rings. The highest BCUT2D eigenvalue weighted by atomic mass is 19.1. The molecule has 11 heteroatoms. The first-order chi connectivity index (χ1) is 15.1. The second-order valence-corrected chi connectivity index (χ2v) is 7.85. The largest absolute Gasteiger partial charge is 0.503 e. The molecule has 8 nitrogen and oxygen atoms in total. The van der Waals surface area contributed by atoms with E-state index in [0.29, 0.717) is 25.2 Å². The lowest BCUT2D eigenvalue weighted by Crippen LogP contribution is -2.57. The number of hydrogen-bond donors (Lipinski definition) is 2. The third kappa shape index (κ3) is 3.42. The fourth-order valence-corrected chi connectivity index (χ4v) is 4.40. The predicted octanol–water partition coefficient (Wildman–Crippen LogP) is 1.71. The van der Waals surface area contributed by atoms with Crippen molar-refractivity contribution in [2.45, 2.75) is 38.1 Å². The fourth-order valence-electron chi connectivity index (χ4n) is 4.40. The second-order valence-electron chi connectivity index (χ2n) is 7.85. The Morgan fingerprint density at radius 3 is 2.56 bits per heavy atom. The standard InChI is InChI=1S/C21H20F3N3O5/c1-9-16-15(3-4-32-9)27-8-12(18(28)19(29)17(27)21(31)26(16)2)20(30)25-7-11-13(23)5-10(22)6-14(11)24/h5-6,8-9,15-16,29H,3-4,7H2,1-2H3,(H,25,30)/t9-,15-,16+/m0/s1. The molecule has 1 aromatic carbocycles. The van der Waals surface area contributed by atoms with Crippen molar-refractivity contribution in [1.82, 2.24) is 14.8 Å². The average Bonchev–Trinajstić information content (AvgIpc) is 2.72. The van der Waals surface area contributed by atoms with Gasteiger partial charge in [-0.15, -0.1) is 0 Å². The second kappa shape index (κ2) is 7.97. The Hall–Kier alpha value is -3.34. The zero-order chi connectivity index (χ0) is 23.3. The van der Waals surface area contributed by atoms with Gasteiger partial charge in [0.1, 0.15) is 23.0 Å². The summed E-state index contributed by atoms with van der Waals surface area (Å²) in [6.45, 7) is 1.52. The van der Waals surface area contributed by atoms with Crippen LogP contribution in [0.2, 0.25) is 0 Å². The van der Waals surface area contributed by atoms with Crippen LogP contribution in [-0.2, 0) is 11.3 Å². The number of likely N-dealkylation sites (N-methyl/N-ethyl adjacent to an activating group) is 1. The highest BCUT2D eigenvalue weighted by Crippen LogP contribution is 2.36. The van der Waals surface area contributed by atoms with Crippen LogP contribution >= 0.6 is 0 Å². The Morgan fingerprint density at radius 2 is 1.91 bits per heavy atom. The average molecular weight is 451 g/mol. The molecular weight excluding hydrogens is 431 g/mol. The predicted molar refractivity (Wildman–Crippen MR) is 105 cm³/mol. The Balaban J connectivity index is 1.70. The molecule has 1 saturated heterocycles. The summed E-state index contributed by atoms with van der Waals surface area (Å²) in [4.78, 5) is 39.5. The number of nitrogens with zero attached hydrogens (tertiary/aromatic N) is 2. The molecule has 2 amide bonds. The van der Waals surface area contributed by atoms with Crippen molar-refractivity contribution >= 4 is 11.8 Å². The van der Waals surface area contributed by atoms with E-state index in [9.17, 15) is 32.7 Å². The Bertz CT molecular complexity index is 1160. The lowest BCUT2D eigenvalue weighted by molar-refractivity contribution is -0.0598. The van der Waals surface area contributed by atoms with Gasteiger partial charge in [0.15, 0.2) is 11.4 Å². The number of aromatic nitrogens is 1. The molecule has 4 rings (SSSR count). The van der Waals surface area contributed by atoms with Gasteiger partial charge in [0, 0.05) is 44.1 Å². The molecule has 1 aromatic heterocycles. The highest BCUT2D eigenvalue weighted by molar-refractivity contribution is 5.99. The molecule has 3 heterocycles. The van der Waals surface area contributed by atoms with Gasteiger partial charge in [-0.05, 0) is 13.3 Å². The Labute approximate surface area is 180 Å². The number of carbonyl (C=O) groups excluding carboxylic acids is 2. The van der Waals surface area contributed by atoms with E-state index in [2.05, 4.69) is 5.32 Å². The SMILES string of the molecule is C[C@@H]1OCC[C@H]2[C@@H]1N(C)C(=O)c1c(O)c(=O)c(C(=O)NCc3c(F)cc(F)cc3F)cn12. The molecule has 32 heavy (non-hydrogen) atoms. The topological polar surface area (TPSA) is 101 Å². The molecule has 0 saturated carbocycles. The van der Waals surface area contributed by atoms with E-state index in [0.717, 1.165) is 0 Å². The van der Waals surface area contributed by atoms with E-state index in [4.69, 9.17) is 4.74 Å². The van der Waals surface area contributed by atoms with E-state index in [-0.39, 0.29) is 23.9 Å². The van der Waals surface area contributed by atoms with Gasteiger partial charge in [-0.3, -0.25) is 14.4 Å². The number of rotatable bonds is 3. The normalized spacial score (nSPS) is 22.3. The molecule has 2 aliphatic heterocycles. The van der Waals surface area contributed by atoms with Crippen molar-refractivity contribution in [2.24, 2.45) is 0 Å². The number of pyridine rings is 1. The van der Waals surface area contributed by atoms with Crippen molar-refractivity contribution in [3.8, 4) is 5.75 Å². The molecule has 0 bridgehead atoms. The summed E-state index contributed by atoms with van der Waals surface area (Å²) in [5.74, 6) is -5.98. The fraction of sp³-hybridized carbons (Fsp3) is 0.381. The minimum Gasteiger partial charge on any atom is -0.503 e. The molecule has 0 unspecified atom stereocenters. The summed E-state index contributed by atoms with van der Waals surface area (Å²) in [6.07, 6.45) is 1.32. The van der Waals surface area contributed by atoms with Crippen LogP contribution in [0.3, 0.4) is 0 Å². The number of ether oxygens (including phenoxy) is 1. The van der Waals surface area contributed by atoms with Crippen LogP contribution < -0.4 is 10.7 Å². The number of hydrogen-bond acceptors (Lipinski definition) is 5. The molecule has 0 radical (unpaired) electrons. The number of fused-ring (bicyclic) bond motifs is 3. The van der Waals surface area contributed by atoms with Crippen LogP contribution in [0, 0.1) is 17.5 Å². The van der Waals surface area contributed by atoms with E-state index >= 15 is 0 Å². The molecular formula is C21H20F3N3O5. The third-order valence-corrected chi connectivity index (χ3v) is 5.98. The maximum Gasteiger partial charge on any atom is 0.274 e. The van der Waals surface area contributed by atoms with Crippen LogP contribution in [-0.4, -0.2) is 52.2 Å². The van der Waals surface area contributed by atoms with E-state index in [1.807, 2.05) is 0 Å². The number of carbonyl (C=O) groups is 2. The maximum absolute atomic E-state index is 13.8.